The van der Waals surface area contributed by atoms with Gasteiger partial charge >= 0.3 is 19.8 Å². The summed E-state index contributed by atoms with van der Waals surface area (Å²) in [5, 5.41) is 2.52. The van der Waals surface area contributed by atoms with Gasteiger partial charge in [-0.2, -0.15) is 4.90 Å². The monoisotopic (exact) mass is 542 g/mol. The van der Waals surface area contributed by atoms with E-state index in [1.807, 2.05) is 0 Å². The predicted octanol–water partition coefficient (Wildman–Crippen LogP) is 3.84. The second-order valence-corrected chi connectivity index (χ2v) is 11.8. The second-order valence-electron chi connectivity index (χ2n) is 9.74. The van der Waals surface area contributed by atoms with Gasteiger partial charge in [0.2, 0.25) is 5.91 Å². The number of imide groups is 1. The lowest BCUT2D eigenvalue weighted by atomic mass is 10.2. The third-order valence-electron chi connectivity index (χ3n) is 4.18. The molecule has 0 aliphatic rings. The Kier molecular flexibility index (Phi) is 9.75. The van der Waals surface area contributed by atoms with Crippen LogP contribution in [0.25, 0.3) is 11.2 Å². The highest BCUT2D eigenvalue weighted by Crippen LogP contribution is 2.46. The van der Waals surface area contributed by atoms with Gasteiger partial charge in [-0.1, -0.05) is 0 Å². The zero-order valence-corrected chi connectivity index (χ0v) is 23.3. The van der Waals surface area contributed by atoms with E-state index in [9.17, 15) is 18.9 Å². The fourth-order valence-corrected chi connectivity index (χ4v) is 4.34. The molecule has 37 heavy (non-hydrogen) atoms. The first-order chi connectivity index (χ1) is 17.1. The Bertz CT molecular complexity index is 1130. The van der Waals surface area contributed by atoms with E-state index in [-0.39, 0.29) is 43.0 Å². The van der Waals surface area contributed by atoms with Gasteiger partial charge in [0.25, 0.3) is 0 Å². The Balaban J connectivity index is 2.36. The molecule has 0 aromatic carbocycles. The van der Waals surface area contributed by atoms with Gasteiger partial charge in [-0.3, -0.25) is 9.36 Å². The van der Waals surface area contributed by atoms with Crippen LogP contribution in [0.5, 0.6) is 0 Å². The molecule has 206 valence electrons. The molecule has 2 heterocycles. The number of imidazole rings is 1. The quantitative estimate of drug-likeness (QED) is 0.458. The molecular formula is C22H35N6O8P. The van der Waals surface area contributed by atoms with Crippen molar-refractivity contribution in [3.8, 4) is 0 Å². The van der Waals surface area contributed by atoms with Crippen LogP contribution in [0, 0.1) is 0 Å². The molecule has 0 aliphatic heterocycles. The van der Waals surface area contributed by atoms with E-state index in [0.717, 1.165) is 6.33 Å². The maximum absolute atomic E-state index is 13.0. The Labute approximate surface area is 215 Å². The van der Waals surface area contributed by atoms with Crippen molar-refractivity contribution in [3.05, 3.63) is 12.7 Å². The van der Waals surface area contributed by atoms with Gasteiger partial charge in [0, 0.05) is 0 Å². The molecular weight excluding hydrogens is 507 g/mol. The largest absolute Gasteiger partial charge is 0.443 e. The average Bonchev–Trinajstić information content (AvgIpc) is 3.14. The van der Waals surface area contributed by atoms with Crippen molar-refractivity contribution in [2.24, 2.45) is 0 Å². The molecule has 0 atom stereocenters. The van der Waals surface area contributed by atoms with E-state index in [1.165, 1.54) is 10.9 Å². The van der Waals surface area contributed by atoms with Gasteiger partial charge in [0.15, 0.2) is 17.0 Å². The van der Waals surface area contributed by atoms with Crippen LogP contribution in [0.15, 0.2) is 12.7 Å². The van der Waals surface area contributed by atoms with Crippen molar-refractivity contribution >= 4 is 42.7 Å². The van der Waals surface area contributed by atoms with Crippen LogP contribution in [0.4, 0.5) is 15.4 Å². The summed E-state index contributed by atoms with van der Waals surface area (Å²) in [6.07, 6.45) is 0.0719. The van der Waals surface area contributed by atoms with Crippen LogP contribution in [-0.4, -0.2) is 68.3 Å². The van der Waals surface area contributed by atoms with E-state index in [0.29, 0.717) is 4.90 Å². The van der Waals surface area contributed by atoms with Gasteiger partial charge < -0.3 is 28.4 Å². The second kappa shape index (κ2) is 12.0. The molecule has 1 N–H and O–H groups in total. The molecule has 0 unspecified atom stereocenters. The van der Waals surface area contributed by atoms with Crippen LogP contribution in [-0.2, 0) is 34.4 Å². The zero-order valence-electron chi connectivity index (χ0n) is 22.4. The molecule has 0 saturated carbocycles. The summed E-state index contributed by atoms with van der Waals surface area (Å²) in [4.78, 5) is 51.6. The number of rotatable bonds is 9. The molecule has 0 saturated heterocycles. The summed E-state index contributed by atoms with van der Waals surface area (Å²) < 4.78 is 35.1. The van der Waals surface area contributed by atoms with Crippen LogP contribution < -0.4 is 10.2 Å². The van der Waals surface area contributed by atoms with Gasteiger partial charge in [-0.25, -0.2) is 24.5 Å². The predicted molar refractivity (Wildman–Crippen MR) is 134 cm³/mol. The van der Waals surface area contributed by atoms with E-state index in [4.69, 9.17) is 18.5 Å². The lowest BCUT2D eigenvalue weighted by Crippen LogP contribution is -2.44. The summed E-state index contributed by atoms with van der Waals surface area (Å²) in [7, 11) is -3.48. The van der Waals surface area contributed by atoms with Crippen molar-refractivity contribution in [3.63, 3.8) is 0 Å². The van der Waals surface area contributed by atoms with Crippen molar-refractivity contribution in [2.45, 2.75) is 73.1 Å². The van der Waals surface area contributed by atoms with E-state index >= 15 is 0 Å². The molecule has 0 bridgehead atoms. The van der Waals surface area contributed by atoms with Gasteiger partial charge in [-0.15, -0.1) is 0 Å². The van der Waals surface area contributed by atoms with Gasteiger partial charge in [-0.05, 0) is 55.4 Å². The van der Waals surface area contributed by atoms with Crippen LogP contribution >= 0.6 is 7.60 Å². The zero-order chi connectivity index (χ0) is 28.0. The number of nitrogens with one attached hydrogen (secondary N) is 1. The minimum Gasteiger partial charge on any atom is -0.443 e. The fraction of sp³-hybridized carbons (Fsp3) is 0.636. The number of hydrogen-bond donors (Lipinski definition) is 1. The summed E-state index contributed by atoms with van der Waals surface area (Å²) in [6.45, 7) is 13.3. The Morgan fingerprint density at radius 2 is 1.49 bits per heavy atom. The number of amides is 3. The van der Waals surface area contributed by atoms with Crippen LogP contribution in [0.3, 0.4) is 0 Å². The third-order valence-corrected chi connectivity index (χ3v) is 6.03. The number of hydrogen-bond acceptors (Lipinski definition) is 11. The Hall–Kier alpha value is -3.09. The highest BCUT2D eigenvalue weighted by atomic mass is 31.2. The number of ether oxygens (including phenoxy) is 2. The number of fused-ring (bicyclic) bond motifs is 1. The van der Waals surface area contributed by atoms with Gasteiger partial charge in [0.05, 0.1) is 19.5 Å². The van der Waals surface area contributed by atoms with Crippen LogP contribution in [0.2, 0.25) is 0 Å². The first-order valence-corrected chi connectivity index (χ1v) is 13.4. The van der Waals surface area contributed by atoms with E-state index < -0.39 is 36.9 Å². The molecule has 0 aliphatic carbocycles. The summed E-state index contributed by atoms with van der Waals surface area (Å²) in [5.41, 5.74) is -1.61. The molecule has 0 radical (unpaired) electrons. The standard InChI is InChI=1S/C22H35N6O8P/c1-9-33-37(32,34-10-2)14-26-15(29)11-27-13-25-16-17(27)23-12-24-18(16)28(19(30)35-21(3,4)5)20(31)36-22(6,7)8/h12-13H,9-11,14H2,1-8H3,(H,26,29). The lowest BCUT2D eigenvalue weighted by Gasteiger charge is -2.28. The number of carbonyl (C=O) groups is 3. The average molecular weight is 543 g/mol. The number of carbonyl (C=O) groups excluding carboxylic acids is 3. The normalized spacial score (nSPS) is 12.3. The highest BCUT2D eigenvalue weighted by Gasteiger charge is 2.35. The van der Waals surface area contributed by atoms with Crippen molar-refractivity contribution in [1.29, 1.82) is 0 Å². The third kappa shape index (κ3) is 8.76. The molecule has 0 spiro atoms. The first kappa shape index (κ1) is 30.1. The van der Waals surface area contributed by atoms with Crippen molar-refractivity contribution < 1.29 is 37.5 Å². The number of nitrogens with zero attached hydrogens (tertiary/aromatic N) is 5. The van der Waals surface area contributed by atoms with Crippen LogP contribution in [0.1, 0.15) is 55.4 Å². The Morgan fingerprint density at radius 3 is 1.97 bits per heavy atom. The topological polar surface area (TPSA) is 164 Å². The molecule has 3 amide bonds. The van der Waals surface area contributed by atoms with E-state index in [1.54, 1.807) is 55.4 Å². The van der Waals surface area contributed by atoms with Crippen molar-refractivity contribution in [2.75, 3.05) is 24.4 Å². The minimum absolute atomic E-state index is 0.0568. The summed E-state index contributed by atoms with van der Waals surface area (Å²) in [6, 6.07) is 0. The van der Waals surface area contributed by atoms with Gasteiger partial charge in [0.1, 0.15) is 30.4 Å². The number of anilines is 1. The summed E-state index contributed by atoms with van der Waals surface area (Å²) >= 11 is 0. The first-order valence-electron chi connectivity index (χ1n) is 11.7. The maximum atomic E-state index is 13.0. The lowest BCUT2D eigenvalue weighted by molar-refractivity contribution is -0.121. The smallest absolute Gasteiger partial charge is 0.425 e. The SMILES string of the molecule is CCOP(=O)(CNC(=O)Cn1cnc2c(N(C(=O)OC(C)(C)C)C(=O)OC(C)(C)C)ncnc21)OCC. The Morgan fingerprint density at radius 1 is 0.946 bits per heavy atom. The molecule has 15 heteroatoms. The molecule has 2 aromatic heterocycles. The van der Waals surface area contributed by atoms with Crippen molar-refractivity contribution in [1.82, 2.24) is 24.8 Å². The summed E-state index contributed by atoms with van der Waals surface area (Å²) in [5.74, 6) is -0.694. The minimum atomic E-state index is -3.48. The molecule has 2 rings (SSSR count). The highest BCUT2D eigenvalue weighted by molar-refractivity contribution is 7.53. The number of aromatic nitrogens is 4. The maximum Gasteiger partial charge on any atom is 0.425 e. The fourth-order valence-electron chi connectivity index (χ4n) is 2.93. The molecule has 0 fully saturated rings. The van der Waals surface area contributed by atoms with E-state index in [2.05, 4.69) is 20.3 Å². The molecule has 14 nitrogen and oxygen atoms in total. The molecule has 2 aromatic rings.